The van der Waals surface area contributed by atoms with Crippen LogP contribution < -0.4 is 11.1 Å². The van der Waals surface area contributed by atoms with Crippen molar-refractivity contribution in [3.05, 3.63) is 35.3 Å². The third-order valence-electron chi connectivity index (χ3n) is 3.15. The molecule has 0 aliphatic rings. The Bertz CT molecular complexity index is 559. The highest BCUT2D eigenvalue weighted by molar-refractivity contribution is 5.64. The maximum atomic E-state index is 6.07. The first kappa shape index (κ1) is 13.4. The van der Waals surface area contributed by atoms with Crippen LogP contribution in [0.1, 0.15) is 30.3 Å². The standard InChI is InChI=1S/C14H21N5/c1-4-8-19-14(13(15)11(3)18-19)17-9-12-10(2)6-5-7-16-12/h5-7,17H,4,8-9,15H2,1-3H3. The third-order valence-corrected chi connectivity index (χ3v) is 3.15. The van der Waals surface area contributed by atoms with Crippen molar-refractivity contribution in [2.24, 2.45) is 0 Å². The zero-order valence-electron chi connectivity index (χ0n) is 11.8. The van der Waals surface area contributed by atoms with E-state index in [2.05, 4.69) is 35.3 Å². The molecule has 0 radical (unpaired) electrons. The van der Waals surface area contributed by atoms with Crippen LogP contribution in [0.5, 0.6) is 0 Å². The van der Waals surface area contributed by atoms with Crippen molar-refractivity contribution < 1.29 is 0 Å². The quantitative estimate of drug-likeness (QED) is 0.865. The molecule has 2 rings (SSSR count). The molecule has 0 atom stereocenters. The SMILES string of the molecule is CCCn1nc(C)c(N)c1NCc1ncccc1C. The lowest BCUT2D eigenvalue weighted by molar-refractivity contribution is 0.602. The Kier molecular flexibility index (Phi) is 4.04. The summed E-state index contributed by atoms with van der Waals surface area (Å²) < 4.78 is 1.93. The highest BCUT2D eigenvalue weighted by atomic mass is 15.3. The molecule has 0 fully saturated rings. The van der Waals surface area contributed by atoms with Gasteiger partial charge in [0.25, 0.3) is 0 Å². The predicted octanol–water partition coefficient (Wildman–Crippen LogP) is 2.50. The molecule has 0 bridgehead atoms. The average molecular weight is 259 g/mol. The number of anilines is 2. The summed E-state index contributed by atoms with van der Waals surface area (Å²) >= 11 is 0. The van der Waals surface area contributed by atoms with Gasteiger partial charge in [0, 0.05) is 12.7 Å². The van der Waals surface area contributed by atoms with Crippen molar-refractivity contribution in [2.45, 2.75) is 40.3 Å². The molecular formula is C14H21N5. The molecule has 0 aromatic carbocycles. The Labute approximate surface area is 113 Å². The smallest absolute Gasteiger partial charge is 0.148 e. The second kappa shape index (κ2) is 5.73. The monoisotopic (exact) mass is 259 g/mol. The van der Waals surface area contributed by atoms with Crippen LogP contribution in [0.3, 0.4) is 0 Å². The van der Waals surface area contributed by atoms with Gasteiger partial charge in [0.1, 0.15) is 5.82 Å². The molecule has 0 spiro atoms. The summed E-state index contributed by atoms with van der Waals surface area (Å²) in [6.07, 6.45) is 2.83. The molecule has 2 aromatic heterocycles. The van der Waals surface area contributed by atoms with Crippen LogP contribution in [0.2, 0.25) is 0 Å². The van der Waals surface area contributed by atoms with E-state index >= 15 is 0 Å². The van der Waals surface area contributed by atoms with Crippen molar-refractivity contribution in [3.63, 3.8) is 0 Å². The van der Waals surface area contributed by atoms with E-state index in [4.69, 9.17) is 5.73 Å². The van der Waals surface area contributed by atoms with Gasteiger partial charge in [0.2, 0.25) is 0 Å². The van der Waals surface area contributed by atoms with Gasteiger partial charge in [-0.1, -0.05) is 13.0 Å². The van der Waals surface area contributed by atoms with Gasteiger partial charge in [-0.3, -0.25) is 4.98 Å². The fraction of sp³-hybridized carbons (Fsp3) is 0.429. The lowest BCUT2D eigenvalue weighted by atomic mass is 10.2. The van der Waals surface area contributed by atoms with E-state index in [9.17, 15) is 0 Å². The lowest BCUT2D eigenvalue weighted by Gasteiger charge is -2.11. The molecule has 19 heavy (non-hydrogen) atoms. The van der Waals surface area contributed by atoms with E-state index in [0.29, 0.717) is 6.54 Å². The van der Waals surface area contributed by atoms with Crippen LogP contribution in [0, 0.1) is 13.8 Å². The van der Waals surface area contributed by atoms with Crippen LogP contribution in [-0.4, -0.2) is 14.8 Å². The maximum absolute atomic E-state index is 6.07. The molecule has 0 aliphatic heterocycles. The number of hydrogen-bond donors (Lipinski definition) is 2. The van der Waals surface area contributed by atoms with E-state index in [0.717, 1.165) is 35.9 Å². The number of nitrogens with one attached hydrogen (secondary N) is 1. The molecule has 102 valence electrons. The number of pyridine rings is 1. The van der Waals surface area contributed by atoms with Gasteiger partial charge in [-0.05, 0) is 31.9 Å². The zero-order chi connectivity index (χ0) is 13.8. The number of aryl methyl sites for hydroxylation is 3. The Hall–Kier alpha value is -2.04. The molecule has 0 unspecified atom stereocenters. The number of aromatic nitrogens is 3. The Morgan fingerprint density at radius 2 is 2.16 bits per heavy atom. The highest BCUT2D eigenvalue weighted by Crippen LogP contribution is 2.23. The topological polar surface area (TPSA) is 68.8 Å². The summed E-state index contributed by atoms with van der Waals surface area (Å²) in [4.78, 5) is 4.37. The van der Waals surface area contributed by atoms with Crippen LogP contribution in [-0.2, 0) is 13.1 Å². The number of rotatable bonds is 5. The second-order valence-electron chi connectivity index (χ2n) is 4.69. The lowest BCUT2D eigenvalue weighted by Crippen LogP contribution is -2.10. The molecule has 0 aliphatic carbocycles. The number of nitrogens with zero attached hydrogens (tertiary/aromatic N) is 3. The first-order valence-corrected chi connectivity index (χ1v) is 6.60. The largest absolute Gasteiger partial charge is 0.394 e. The van der Waals surface area contributed by atoms with Crippen molar-refractivity contribution in [1.82, 2.24) is 14.8 Å². The van der Waals surface area contributed by atoms with Crippen molar-refractivity contribution >= 4 is 11.5 Å². The van der Waals surface area contributed by atoms with Crippen molar-refractivity contribution in [2.75, 3.05) is 11.1 Å². The molecule has 0 saturated heterocycles. The molecule has 2 aromatic rings. The van der Waals surface area contributed by atoms with Gasteiger partial charge in [-0.15, -0.1) is 0 Å². The minimum absolute atomic E-state index is 0.658. The summed E-state index contributed by atoms with van der Waals surface area (Å²) in [5, 5.41) is 7.80. The highest BCUT2D eigenvalue weighted by Gasteiger charge is 2.12. The van der Waals surface area contributed by atoms with E-state index in [1.165, 1.54) is 5.56 Å². The van der Waals surface area contributed by atoms with Gasteiger partial charge in [0.05, 0.1) is 23.6 Å². The fourth-order valence-electron chi connectivity index (χ4n) is 2.03. The van der Waals surface area contributed by atoms with Gasteiger partial charge >= 0.3 is 0 Å². The van der Waals surface area contributed by atoms with Crippen LogP contribution in [0.25, 0.3) is 0 Å². The fourth-order valence-corrected chi connectivity index (χ4v) is 2.03. The van der Waals surface area contributed by atoms with Crippen molar-refractivity contribution in [3.8, 4) is 0 Å². The van der Waals surface area contributed by atoms with Crippen LogP contribution >= 0.6 is 0 Å². The second-order valence-corrected chi connectivity index (χ2v) is 4.69. The molecule has 2 heterocycles. The number of nitrogen functional groups attached to an aromatic ring is 1. The minimum atomic E-state index is 0.658. The van der Waals surface area contributed by atoms with Gasteiger partial charge in [-0.25, -0.2) is 4.68 Å². The van der Waals surface area contributed by atoms with Gasteiger partial charge in [0.15, 0.2) is 0 Å². The minimum Gasteiger partial charge on any atom is -0.394 e. The molecule has 3 N–H and O–H groups in total. The molecular weight excluding hydrogens is 238 g/mol. The maximum Gasteiger partial charge on any atom is 0.148 e. The van der Waals surface area contributed by atoms with E-state index in [-0.39, 0.29) is 0 Å². The molecule has 0 saturated carbocycles. The summed E-state index contributed by atoms with van der Waals surface area (Å²) in [5.74, 6) is 0.893. The summed E-state index contributed by atoms with van der Waals surface area (Å²) in [5.41, 5.74) is 9.87. The first-order valence-electron chi connectivity index (χ1n) is 6.60. The third kappa shape index (κ3) is 2.86. The first-order chi connectivity index (χ1) is 9.13. The van der Waals surface area contributed by atoms with E-state index in [1.807, 2.05) is 23.9 Å². The summed E-state index contributed by atoms with van der Waals surface area (Å²) in [7, 11) is 0. The normalized spacial score (nSPS) is 10.7. The predicted molar refractivity (Wildman–Crippen MR) is 78.0 cm³/mol. The molecule has 5 heteroatoms. The Morgan fingerprint density at radius 1 is 1.37 bits per heavy atom. The van der Waals surface area contributed by atoms with Gasteiger partial charge < -0.3 is 11.1 Å². The number of hydrogen-bond acceptors (Lipinski definition) is 4. The van der Waals surface area contributed by atoms with E-state index in [1.54, 1.807) is 0 Å². The average Bonchev–Trinajstić information content (AvgIpc) is 2.65. The Balaban J connectivity index is 2.17. The van der Waals surface area contributed by atoms with E-state index < -0.39 is 0 Å². The van der Waals surface area contributed by atoms with Crippen molar-refractivity contribution in [1.29, 1.82) is 0 Å². The Morgan fingerprint density at radius 3 is 2.84 bits per heavy atom. The van der Waals surface area contributed by atoms with Crippen LogP contribution in [0.15, 0.2) is 18.3 Å². The number of nitrogens with two attached hydrogens (primary N) is 1. The summed E-state index contributed by atoms with van der Waals surface area (Å²) in [6, 6.07) is 4.00. The molecule has 0 amide bonds. The summed E-state index contributed by atoms with van der Waals surface area (Å²) in [6.45, 7) is 7.63. The van der Waals surface area contributed by atoms with Crippen LogP contribution in [0.4, 0.5) is 11.5 Å². The van der Waals surface area contributed by atoms with Gasteiger partial charge in [-0.2, -0.15) is 5.10 Å². The zero-order valence-corrected chi connectivity index (χ0v) is 11.8. The molecule has 5 nitrogen and oxygen atoms in total.